The normalized spacial score (nSPS) is 14.9. The average Bonchev–Trinajstić information content (AvgIpc) is 2.63. The van der Waals surface area contributed by atoms with E-state index in [4.69, 9.17) is 4.74 Å². The molecule has 1 aliphatic carbocycles. The molecule has 1 heterocycles. The van der Waals surface area contributed by atoms with Gasteiger partial charge in [-0.2, -0.15) is 0 Å². The van der Waals surface area contributed by atoms with Gasteiger partial charge in [0.25, 0.3) is 0 Å². The molecule has 1 aromatic carbocycles. The van der Waals surface area contributed by atoms with Crippen LogP contribution >= 0.6 is 0 Å². The van der Waals surface area contributed by atoms with Crippen LogP contribution in [0.4, 0.5) is 5.82 Å². The first-order chi connectivity index (χ1) is 12.2. The van der Waals surface area contributed by atoms with Crippen molar-refractivity contribution in [1.29, 1.82) is 0 Å². The largest absolute Gasteiger partial charge is 0.485 e. The highest BCUT2D eigenvalue weighted by Crippen LogP contribution is 2.28. The summed E-state index contributed by atoms with van der Waals surface area (Å²) in [4.78, 5) is 16.6. The van der Waals surface area contributed by atoms with Gasteiger partial charge in [0, 0.05) is 12.6 Å². The maximum Gasteiger partial charge on any atom is 0.225 e. The van der Waals surface area contributed by atoms with Gasteiger partial charge in [-0.3, -0.25) is 4.79 Å². The van der Waals surface area contributed by atoms with Crippen LogP contribution in [0.1, 0.15) is 49.7 Å². The van der Waals surface area contributed by atoms with Gasteiger partial charge in [-0.05, 0) is 48.9 Å². The number of amides is 1. The second-order valence-electron chi connectivity index (χ2n) is 6.82. The van der Waals surface area contributed by atoms with Gasteiger partial charge in [-0.25, -0.2) is 4.98 Å². The minimum absolute atomic E-state index is 0.0336. The quantitative estimate of drug-likeness (QED) is 0.817. The number of carbonyl (C=O) groups is 1. The monoisotopic (exact) mass is 338 g/mol. The lowest BCUT2D eigenvalue weighted by molar-refractivity contribution is -0.117. The minimum atomic E-state index is 0.0336. The summed E-state index contributed by atoms with van der Waals surface area (Å²) in [6, 6.07) is 11.8. The molecule has 2 aromatic rings. The van der Waals surface area contributed by atoms with Crippen LogP contribution in [0.15, 0.2) is 42.6 Å². The van der Waals surface area contributed by atoms with Crippen molar-refractivity contribution in [1.82, 2.24) is 4.98 Å². The summed E-state index contributed by atoms with van der Waals surface area (Å²) in [5.41, 5.74) is 2.32. The Hall–Kier alpha value is -2.36. The summed E-state index contributed by atoms with van der Waals surface area (Å²) in [6.07, 6.45) is 8.36. The van der Waals surface area contributed by atoms with Crippen LogP contribution in [0.2, 0.25) is 0 Å². The van der Waals surface area contributed by atoms with E-state index < -0.39 is 0 Å². The van der Waals surface area contributed by atoms with E-state index in [1.165, 1.54) is 24.8 Å². The van der Waals surface area contributed by atoms with Crippen LogP contribution in [0.25, 0.3) is 0 Å². The van der Waals surface area contributed by atoms with E-state index in [0.29, 0.717) is 30.5 Å². The lowest BCUT2D eigenvalue weighted by atomic mass is 9.87. The van der Waals surface area contributed by atoms with E-state index >= 15 is 0 Å². The molecule has 0 aliphatic heterocycles. The first kappa shape index (κ1) is 17.5. The van der Waals surface area contributed by atoms with Crippen LogP contribution in [0, 0.1) is 12.8 Å². The molecule has 0 bridgehead atoms. The molecule has 1 fully saturated rings. The second-order valence-corrected chi connectivity index (χ2v) is 6.82. The van der Waals surface area contributed by atoms with Crippen molar-refractivity contribution in [2.75, 3.05) is 5.32 Å². The SMILES string of the molecule is Cc1ccccc1COc1cccnc1NC(=O)CC1CCCCC1. The van der Waals surface area contributed by atoms with Crippen molar-refractivity contribution >= 4 is 11.7 Å². The fourth-order valence-electron chi connectivity index (χ4n) is 3.36. The lowest BCUT2D eigenvalue weighted by Gasteiger charge is -2.21. The molecule has 0 atom stereocenters. The van der Waals surface area contributed by atoms with Gasteiger partial charge < -0.3 is 10.1 Å². The molecular formula is C21H26N2O2. The molecule has 0 radical (unpaired) electrons. The summed E-state index contributed by atoms with van der Waals surface area (Å²) in [6.45, 7) is 2.53. The highest BCUT2D eigenvalue weighted by Gasteiger charge is 2.18. The molecule has 1 amide bonds. The first-order valence-corrected chi connectivity index (χ1v) is 9.14. The number of hydrogen-bond donors (Lipinski definition) is 1. The average molecular weight is 338 g/mol. The molecule has 4 heteroatoms. The Bertz CT molecular complexity index is 709. The Morgan fingerprint density at radius 2 is 1.96 bits per heavy atom. The zero-order chi connectivity index (χ0) is 17.5. The van der Waals surface area contributed by atoms with Gasteiger partial charge in [0.05, 0.1) is 0 Å². The van der Waals surface area contributed by atoms with E-state index in [0.717, 1.165) is 18.4 Å². The highest BCUT2D eigenvalue weighted by atomic mass is 16.5. The van der Waals surface area contributed by atoms with E-state index in [2.05, 4.69) is 23.3 Å². The summed E-state index contributed by atoms with van der Waals surface area (Å²) < 4.78 is 5.92. The van der Waals surface area contributed by atoms with Gasteiger partial charge in [0.1, 0.15) is 6.61 Å². The fraction of sp³-hybridized carbons (Fsp3) is 0.429. The third kappa shape index (κ3) is 5.05. The molecule has 1 aliphatic rings. The fourth-order valence-corrected chi connectivity index (χ4v) is 3.36. The Labute approximate surface area is 149 Å². The standard InChI is InChI=1S/C21H26N2O2/c1-16-8-5-6-11-18(16)15-25-19-12-7-13-22-21(19)23-20(24)14-17-9-3-2-4-10-17/h5-8,11-13,17H,2-4,9-10,14-15H2,1H3,(H,22,23,24). The molecule has 25 heavy (non-hydrogen) atoms. The number of pyridine rings is 1. The Kier molecular flexibility index (Phi) is 6.04. The van der Waals surface area contributed by atoms with E-state index in [1.807, 2.05) is 30.3 Å². The second kappa shape index (κ2) is 8.65. The molecule has 132 valence electrons. The number of aryl methyl sites for hydroxylation is 1. The van der Waals surface area contributed by atoms with Crippen LogP contribution in [0.5, 0.6) is 5.75 Å². The summed E-state index contributed by atoms with van der Waals surface area (Å²) in [5.74, 6) is 1.67. The number of nitrogens with one attached hydrogen (secondary N) is 1. The first-order valence-electron chi connectivity index (χ1n) is 9.14. The van der Waals surface area contributed by atoms with Crippen LogP contribution in [-0.2, 0) is 11.4 Å². The van der Waals surface area contributed by atoms with Crippen molar-refractivity contribution in [3.05, 3.63) is 53.7 Å². The third-order valence-corrected chi connectivity index (χ3v) is 4.87. The van der Waals surface area contributed by atoms with Gasteiger partial charge in [-0.1, -0.05) is 43.5 Å². The number of rotatable bonds is 6. The molecule has 0 spiro atoms. The highest BCUT2D eigenvalue weighted by molar-refractivity contribution is 5.91. The topological polar surface area (TPSA) is 51.2 Å². The van der Waals surface area contributed by atoms with Crippen molar-refractivity contribution in [3.63, 3.8) is 0 Å². The Morgan fingerprint density at radius 1 is 1.16 bits per heavy atom. The van der Waals surface area contributed by atoms with Gasteiger partial charge >= 0.3 is 0 Å². The molecule has 0 unspecified atom stereocenters. The maximum atomic E-state index is 12.4. The molecule has 4 nitrogen and oxygen atoms in total. The van der Waals surface area contributed by atoms with E-state index in [9.17, 15) is 4.79 Å². The van der Waals surface area contributed by atoms with Gasteiger partial charge in [0.15, 0.2) is 11.6 Å². The van der Waals surface area contributed by atoms with Gasteiger partial charge in [-0.15, -0.1) is 0 Å². The molecule has 1 N–H and O–H groups in total. The smallest absolute Gasteiger partial charge is 0.225 e. The van der Waals surface area contributed by atoms with Crippen molar-refractivity contribution in [2.45, 2.75) is 52.1 Å². The Morgan fingerprint density at radius 3 is 2.76 bits per heavy atom. The number of anilines is 1. The minimum Gasteiger partial charge on any atom is -0.485 e. The number of ether oxygens (including phenoxy) is 1. The van der Waals surface area contributed by atoms with Gasteiger partial charge in [0.2, 0.25) is 5.91 Å². The Balaban J connectivity index is 1.60. The lowest BCUT2D eigenvalue weighted by Crippen LogP contribution is -2.19. The molecule has 1 saturated carbocycles. The van der Waals surface area contributed by atoms with Crippen molar-refractivity contribution in [2.24, 2.45) is 5.92 Å². The summed E-state index contributed by atoms with van der Waals surface area (Å²) >= 11 is 0. The summed E-state index contributed by atoms with van der Waals surface area (Å²) in [7, 11) is 0. The van der Waals surface area contributed by atoms with Crippen LogP contribution < -0.4 is 10.1 Å². The van der Waals surface area contributed by atoms with Crippen LogP contribution in [-0.4, -0.2) is 10.9 Å². The number of benzene rings is 1. The third-order valence-electron chi connectivity index (χ3n) is 4.87. The molecule has 0 saturated heterocycles. The zero-order valence-electron chi connectivity index (χ0n) is 14.8. The van der Waals surface area contributed by atoms with Crippen LogP contribution in [0.3, 0.4) is 0 Å². The van der Waals surface area contributed by atoms with E-state index in [-0.39, 0.29) is 5.91 Å². The maximum absolute atomic E-state index is 12.4. The number of aromatic nitrogens is 1. The molecular weight excluding hydrogens is 312 g/mol. The predicted octanol–water partition coefficient (Wildman–Crippen LogP) is 4.88. The van der Waals surface area contributed by atoms with E-state index in [1.54, 1.807) is 6.20 Å². The number of carbonyl (C=O) groups excluding carboxylic acids is 1. The van der Waals surface area contributed by atoms with Crippen molar-refractivity contribution < 1.29 is 9.53 Å². The predicted molar refractivity (Wildman–Crippen MR) is 99.6 cm³/mol. The number of nitrogens with zero attached hydrogens (tertiary/aromatic N) is 1. The molecule has 1 aromatic heterocycles. The number of hydrogen-bond acceptors (Lipinski definition) is 3. The zero-order valence-corrected chi connectivity index (χ0v) is 14.8. The summed E-state index contributed by atoms with van der Waals surface area (Å²) in [5, 5.41) is 2.93. The molecule has 3 rings (SSSR count). The van der Waals surface area contributed by atoms with Crippen molar-refractivity contribution in [3.8, 4) is 5.75 Å².